The first-order chi connectivity index (χ1) is 11.0. The summed E-state index contributed by atoms with van der Waals surface area (Å²) in [4.78, 5) is 25.0. The molecule has 2 aromatic heterocycles. The van der Waals surface area contributed by atoms with E-state index in [1.807, 2.05) is 31.2 Å². The lowest BCUT2D eigenvalue weighted by Crippen LogP contribution is -2.38. The monoisotopic (exact) mass is 312 g/mol. The maximum Gasteiger partial charge on any atom is 0.330 e. The average molecular weight is 312 g/mol. The maximum atomic E-state index is 11.9. The van der Waals surface area contributed by atoms with Crippen LogP contribution in [0.4, 0.5) is 0 Å². The molecule has 0 bridgehead atoms. The molecule has 2 heterocycles. The highest BCUT2D eigenvalue weighted by Gasteiger charge is 2.10. The second-order valence-corrected chi connectivity index (χ2v) is 5.38. The number of hydrogen-bond acceptors (Lipinski definition) is 5. The Labute approximate surface area is 131 Å². The highest BCUT2D eigenvalue weighted by atomic mass is 16.2. The molecule has 0 amide bonds. The standard InChI is InChI=1S/C15H16N6O2/c1-10-4-6-11(7-5-10)14-16-18-21(17-14)9-12-8-13(22)20(3)15(23)19(12)2/h4-8H,9H2,1-3H3. The molecule has 0 aliphatic carbocycles. The van der Waals surface area contributed by atoms with E-state index in [1.165, 1.54) is 22.5 Å². The van der Waals surface area contributed by atoms with Crippen LogP contribution in [0.3, 0.4) is 0 Å². The van der Waals surface area contributed by atoms with Crippen LogP contribution in [0.25, 0.3) is 11.4 Å². The molecule has 0 fully saturated rings. The van der Waals surface area contributed by atoms with Crippen molar-refractivity contribution in [3.8, 4) is 11.4 Å². The van der Waals surface area contributed by atoms with Crippen LogP contribution in [-0.4, -0.2) is 29.3 Å². The third-order valence-electron chi connectivity index (χ3n) is 3.69. The van der Waals surface area contributed by atoms with Crippen molar-refractivity contribution in [3.63, 3.8) is 0 Å². The number of aryl methyl sites for hydroxylation is 1. The smallest absolute Gasteiger partial charge is 0.299 e. The predicted molar refractivity (Wildman–Crippen MR) is 84.0 cm³/mol. The Balaban J connectivity index is 1.92. The predicted octanol–water partition coefficient (Wildman–Crippen LogP) is 0.0942. The first kappa shape index (κ1) is 14.9. The SMILES string of the molecule is Cc1ccc(-c2nnn(Cc3cc(=O)n(C)c(=O)n3C)n2)cc1. The third kappa shape index (κ3) is 2.83. The molecule has 8 heteroatoms. The summed E-state index contributed by atoms with van der Waals surface area (Å²) in [7, 11) is 3.05. The van der Waals surface area contributed by atoms with Gasteiger partial charge in [-0.25, -0.2) is 4.79 Å². The molecule has 8 nitrogen and oxygen atoms in total. The summed E-state index contributed by atoms with van der Waals surface area (Å²) in [5.74, 6) is 0.499. The van der Waals surface area contributed by atoms with E-state index in [0.29, 0.717) is 11.5 Å². The van der Waals surface area contributed by atoms with Gasteiger partial charge in [0.25, 0.3) is 5.56 Å². The Morgan fingerprint density at radius 3 is 2.43 bits per heavy atom. The lowest BCUT2D eigenvalue weighted by atomic mass is 10.1. The van der Waals surface area contributed by atoms with E-state index in [0.717, 1.165) is 15.7 Å². The molecule has 118 valence electrons. The number of hydrogen-bond donors (Lipinski definition) is 0. The van der Waals surface area contributed by atoms with Crippen LogP contribution in [0.1, 0.15) is 11.3 Å². The fourth-order valence-electron chi connectivity index (χ4n) is 2.20. The van der Waals surface area contributed by atoms with Crippen LogP contribution >= 0.6 is 0 Å². The van der Waals surface area contributed by atoms with E-state index >= 15 is 0 Å². The van der Waals surface area contributed by atoms with E-state index < -0.39 is 0 Å². The van der Waals surface area contributed by atoms with E-state index in [9.17, 15) is 9.59 Å². The van der Waals surface area contributed by atoms with Gasteiger partial charge in [-0.3, -0.25) is 13.9 Å². The molecule has 0 atom stereocenters. The summed E-state index contributed by atoms with van der Waals surface area (Å²) in [5.41, 5.74) is 1.79. The largest absolute Gasteiger partial charge is 0.330 e. The molecule has 0 unspecified atom stereocenters. The summed E-state index contributed by atoms with van der Waals surface area (Å²) in [5, 5.41) is 12.3. The topological polar surface area (TPSA) is 87.6 Å². The van der Waals surface area contributed by atoms with Gasteiger partial charge >= 0.3 is 5.69 Å². The van der Waals surface area contributed by atoms with Crippen LogP contribution < -0.4 is 11.2 Å². The Hall–Kier alpha value is -3.03. The molecule has 0 radical (unpaired) electrons. The van der Waals surface area contributed by atoms with Crippen LogP contribution in [-0.2, 0) is 20.6 Å². The van der Waals surface area contributed by atoms with Gasteiger partial charge in [-0.1, -0.05) is 29.8 Å². The first-order valence-corrected chi connectivity index (χ1v) is 7.06. The van der Waals surface area contributed by atoms with Crippen LogP contribution in [0, 0.1) is 6.92 Å². The zero-order valence-corrected chi connectivity index (χ0v) is 13.1. The minimum absolute atomic E-state index is 0.195. The van der Waals surface area contributed by atoms with Gasteiger partial charge in [-0.2, -0.15) is 4.80 Å². The number of nitrogens with zero attached hydrogens (tertiary/aromatic N) is 6. The van der Waals surface area contributed by atoms with E-state index in [-0.39, 0.29) is 17.8 Å². The van der Waals surface area contributed by atoms with Crippen molar-refractivity contribution >= 4 is 0 Å². The van der Waals surface area contributed by atoms with Crippen LogP contribution in [0.15, 0.2) is 39.9 Å². The molecule has 23 heavy (non-hydrogen) atoms. The maximum absolute atomic E-state index is 11.9. The molecule has 3 aromatic rings. The highest BCUT2D eigenvalue weighted by Crippen LogP contribution is 2.14. The summed E-state index contributed by atoms with van der Waals surface area (Å²) in [6.07, 6.45) is 0. The van der Waals surface area contributed by atoms with Gasteiger partial charge in [0.1, 0.15) is 6.54 Å². The molecular formula is C15H16N6O2. The van der Waals surface area contributed by atoms with Crippen LogP contribution in [0.2, 0.25) is 0 Å². The van der Waals surface area contributed by atoms with Crippen molar-refractivity contribution in [2.75, 3.05) is 0 Å². The third-order valence-corrected chi connectivity index (χ3v) is 3.69. The zero-order chi connectivity index (χ0) is 16.6. The fraction of sp³-hybridized carbons (Fsp3) is 0.267. The first-order valence-electron chi connectivity index (χ1n) is 7.06. The molecule has 0 N–H and O–H groups in total. The lowest BCUT2D eigenvalue weighted by molar-refractivity contribution is 0.533. The van der Waals surface area contributed by atoms with Gasteiger partial charge in [0.2, 0.25) is 5.82 Å². The van der Waals surface area contributed by atoms with Gasteiger partial charge < -0.3 is 0 Å². The molecule has 0 aliphatic rings. The van der Waals surface area contributed by atoms with Crippen molar-refractivity contribution in [3.05, 3.63) is 62.4 Å². The van der Waals surface area contributed by atoms with Crippen molar-refractivity contribution in [1.82, 2.24) is 29.3 Å². The van der Waals surface area contributed by atoms with Crippen LogP contribution in [0.5, 0.6) is 0 Å². The lowest BCUT2D eigenvalue weighted by Gasteiger charge is -2.08. The van der Waals surface area contributed by atoms with Gasteiger partial charge in [0, 0.05) is 25.7 Å². The van der Waals surface area contributed by atoms with E-state index in [2.05, 4.69) is 15.4 Å². The molecule has 0 saturated heterocycles. The van der Waals surface area contributed by atoms with E-state index in [1.54, 1.807) is 7.05 Å². The van der Waals surface area contributed by atoms with E-state index in [4.69, 9.17) is 0 Å². The Kier molecular flexibility index (Phi) is 3.65. The Morgan fingerprint density at radius 1 is 1.04 bits per heavy atom. The Morgan fingerprint density at radius 2 is 1.74 bits per heavy atom. The number of tetrazole rings is 1. The normalized spacial score (nSPS) is 10.9. The summed E-state index contributed by atoms with van der Waals surface area (Å²) < 4.78 is 2.45. The molecule has 3 rings (SSSR count). The quantitative estimate of drug-likeness (QED) is 0.684. The molecule has 0 spiro atoms. The molecule has 0 aliphatic heterocycles. The summed E-state index contributed by atoms with van der Waals surface area (Å²) >= 11 is 0. The summed E-state index contributed by atoms with van der Waals surface area (Å²) in [6.45, 7) is 2.20. The minimum Gasteiger partial charge on any atom is -0.299 e. The molecule has 1 aromatic carbocycles. The number of aromatic nitrogens is 6. The van der Waals surface area contributed by atoms with Crippen molar-refractivity contribution < 1.29 is 0 Å². The fourth-order valence-corrected chi connectivity index (χ4v) is 2.20. The minimum atomic E-state index is -0.383. The van der Waals surface area contributed by atoms with Gasteiger partial charge in [-0.15, -0.1) is 10.2 Å². The number of benzene rings is 1. The second kappa shape index (κ2) is 5.64. The van der Waals surface area contributed by atoms with Crippen molar-refractivity contribution in [2.24, 2.45) is 14.1 Å². The van der Waals surface area contributed by atoms with Gasteiger partial charge in [0.05, 0.1) is 5.69 Å². The van der Waals surface area contributed by atoms with Gasteiger partial charge in [0.15, 0.2) is 0 Å². The zero-order valence-electron chi connectivity index (χ0n) is 13.1. The van der Waals surface area contributed by atoms with Crippen molar-refractivity contribution in [1.29, 1.82) is 0 Å². The second-order valence-electron chi connectivity index (χ2n) is 5.38. The number of rotatable bonds is 3. The average Bonchev–Trinajstić information content (AvgIpc) is 3.00. The van der Waals surface area contributed by atoms with Crippen molar-refractivity contribution in [2.45, 2.75) is 13.5 Å². The summed E-state index contributed by atoms with van der Waals surface area (Å²) in [6, 6.07) is 9.19. The van der Waals surface area contributed by atoms with Gasteiger partial charge in [-0.05, 0) is 12.1 Å². The highest BCUT2D eigenvalue weighted by molar-refractivity contribution is 5.53. The molecule has 0 saturated carbocycles. The molecular weight excluding hydrogens is 296 g/mol. The Bertz CT molecular complexity index is 965.